The number of thiazole rings is 1. The number of halogens is 3. The Morgan fingerprint density at radius 3 is 2.55 bits per heavy atom. The van der Waals surface area contributed by atoms with E-state index < -0.39 is 11.9 Å². The van der Waals surface area contributed by atoms with Gasteiger partial charge in [0.25, 0.3) is 0 Å². The third-order valence-corrected chi connectivity index (χ3v) is 3.82. The van der Waals surface area contributed by atoms with E-state index in [0.29, 0.717) is 11.7 Å². The zero-order valence-electron chi connectivity index (χ0n) is 12.4. The monoisotopic (exact) mass is 329 g/mol. The molecule has 0 aliphatic rings. The van der Waals surface area contributed by atoms with Gasteiger partial charge in [0, 0.05) is 24.5 Å². The standard InChI is InChI=1S/C15H18F3N3S/c1-11(8-21(2)9-12-6-4-3-5-7-12)19-14-20-13(10-22-14)15(16,17)18/h3-7,10-11H,8-9H2,1-2H3,(H,19,20). The molecule has 1 N–H and O–H groups in total. The summed E-state index contributed by atoms with van der Waals surface area (Å²) in [6.45, 7) is 3.42. The molecule has 1 aromatic heterocycles. The predicted octanol–water partition coefficient (Wildman–Crippen LogP) is 4.09. The highest BCUT2D eigenvalue weighted by Crippen LogP contribution is 2.31. The van der Waals surface area contributed by atoms with E-state index in [0.717, 1.165) is 23.3 Å². The molecule has 0 radical (unpaired) electrons. The number of hydrogen-bond donors (Lipinski definition) is 1. The van der Waals surface area contributed by atoms with Gasteiger partial charge >= 0.3 is 6.18 Å². The molecule has 0 aliphatic carbocycles. The quantitative estimate of drug-likeness (QED) is 0.865. The van der Waals surface area contributed by atoms with E-state index in [2.05, 4.69) is 15.2 Å². The summed E-state index contributed by atoms with van der Waals surface area (Å²) in [4.78, 5) is 5.69. The Kier molecular flexibility index (Phi) is 5.42. The van der Waals surface area contributed by atoms with Crippen LogP contribution in [0.5, 0.6) is 0 Å². The lowest BCUT2D eigenvalue weighted by atomic mass is 10.2. The minimum absolute atomic E-state index is 0.000876. The first-order valence-corrected chi connectivity index (χ1v) is 7.74. The molecule has 120 valence electrons. The number of rotatable bonds is 6. The SMILES string of the molecule is CC(CN(C)Cc1ccccc1)Nc1nc(C(F)(F)F)cs1. The second kappa shape index (κ2) is 7.11. The number of anilines is 1. The third kappa shape index (κ3) is 4.99. The molecular formula is C15H18F3N3S. The molecule has 1 atom stereocenters. The van der Waals surface area contributed by atoms with Gasteiger partial charge in [-0.1, -0.05) is 30.3 Å². The normalized spacial score (nSPS) is 13.4. The first kappa shape index (κ1) is 16.8. The van der Waals surface area contributed by atoms with Crippen LogP contribution in [0, 0.1) is 0 Å². The number of likely N-dealkylation sites (N-methyl/N-ethyl adjacent to an activating group) is 1. The van der Waals surface area contributed by atoms with Crippen molar-refractivity contribution in [2.75, 3.05) is 18.9 Å². The lowest BCUT2D eigenvalue weighted by Crippen LogP contribution is -2.32. The first-order valence-electron chi connectivity index (χ1n) is 6.86. The zero-order chi connectivity index (χ0) is 16.2. The fraction of sp³-hybridized carbons (Fsp3) is 0.400. The molecule has 0 aliphatic heterocycles. The van der Waals surface area contributed by atoms with E-state index >= 15 is 0 Å². The van der Waals surface area contributed by atoms with Crippen molar-refractivity contribution in [3.8, 4) is 0 Å². The number of benzene rings is 1. The Morgan fingerprint density at radius 2 is 1.95 bits per heavy atom. The lowest BCUT2D eigenvalue weighted by molar-refractivity contribution is -0.140. The van der Waals surface area contributed by atoms with Crippen LogP contribution in [-0.2, 0) is 12.7 Å². The summed E-state index contributed by atoms with van der Waals surface area (Å²) in [5.41, 5.74) is 0.357. The molecule has 2 aromatic rings. The van der Waals surface area contributed by atoms with Crippen LogP contribution in [0.1, 0.15) is 18.2 Å². The Hall–Kier alpha value is -1.60. The van der Waals surface area contributed by atoms with Crippen molar-refractivity contribution in [2.45, 2.75) is 25.7 Å². The summed E-state index contributed by atoms with van der Waals surface area (Å²) in [6.07, 6.45) is -4.39. The molecule has 7 heteroatoms. The number of hydrogen-bond acceptors (Lipinski definition) is 4. The van der Waals surface area contributed by atoms with Gasteiger partial charge < -0.3 is 10.2 Å². The highest BCUT2D eigenvalue weighted by atomic mass is 32.1. The van der Waals surface area contributed by atoms with Crippen molar-refractivity contribution in [2.24, 2.45) is 0 Å². The minimum Gasteiger partial charge on any atom is -0.358 e. The molecule has 1 aromatic carbocycles. The van der Waals surface area contributed by atoms with Crippen LogP contribution < -0.4 is 5.32 Å². The highest BCUT2D eigenvalue weighted by Gasteiger charge is 2.33. The van der Waals surface area contributed by atoms with Crippen molar-refractivity contribution >= 4 is 16.5 Å². The van der Waals surface area contributed by atoms with Crippen molar-refractivity contribution < 1.29 is 13.2 Å². The molecular weight excluding hydrogens is 311 g/mol. The Morgan fingerprint density at radius 1 is 1.27 bits per heavy atom. The number of nitrogens with zero attached hydrogens (tertiary/aromatic N) is 2. The molecule has 2 rings (SSSR count). The van der Waals surface area contributed by atoms with E-state index in [1.54, 1.807) is 0 Å². The van der Waals surface area contributed by atoms with Crippen LogP contribution in [0.2, 0.25) is 0 Å². The van der Waals surface area contributed by atoms with E-state index in [9.17, 15) is 13.2 Å². The maximum atomic E-state index is 12.5. The Balaban J connectivity index is 1.84. The maximum absolute atomic E-state index is 12.5. The molecule has 3 nitrogen and oxygen atoms in total. The molecule has 0 saturated carbocycles. The zero-order valence-corrected chi connectivity index (χ0v) is 13.2. The van der Waals surface area contributed by atoms with Crippen LogP contribution in [0.15, 0.2) is 35.7 Å². The fourth-order valence-corrected chi connectivity index (χ4v) is 2.98. The number of aromatic nitrogens is 1. The summed E-state index contributed by atoms with van der Waals surface area (Å²) in [6, 6.07) is 10.0. The number of alkyl halides is 3. The van der Waals surface area contributed by atoms with Crippen LogP contribution in [0.3, 0.4) is 0 Å². The molecule has 0 fully saturated rings. The van der Waals surface area contributed by atoms with Gasteiger partial charge in [-0.2, -0.15) is 13.2 Å². The van der Waals surface area contributed by atoms with Gasteiger partial charge in [0.05, 0.1) is 0 Å². The molecule has 0 spiro atoms. The summed E-state index contributed by atoms with van der Waals surface area (Å²) in [5, 5.41) is 4.35. The van der Waals surface area contributed by atoms with Crippen molar-refractivity contribution in [1.82, 2.24) is 9.88 Å². The van der Waals surface area contributed by atoms with Gasteiger partial charge in [-0.05, 0) is 19.5 Å². The summed E-state index contributed by atoms with van der Waals surface area (Å²) in [5.74, 6) is 0. The highest BCUT2D eigenvalue weighted by molar-refractivity contribution is 7.13. The lowest BCUT2D eigenvalue weighted by Gasteiger charge is -2.22. The minimum atomic E-state index is -4.39. The second-order valence-corrected chi connectivity index (χ2v) is 6.12. The molecule has 22 heavy (non-hydrogen) atoms. The van der Waals surface area contributed by atoms with Crippen molar-refractivity contribution in [3.63, 3.8) is 0 Å². The van der Waals surface area contributed by atoms with Gasteiger partial charge in [-0.3, -0.25) is 0 Å². The van der Waals surface area contributed by atoms with E-state index in [4.69, 9.17) is 0 Å². The van der Waals surface area contributed by atoms with Gasteiger partial charge in [-0.25, -0.2) is 4.98 Å². The topological polar surface area (TPSA) is 28.2 Å². The van der Waals surface area contributed by atoms with Crippen LogP contribution in [0.4, 0.5) is 18.3 Å². The summed E-state index contributed by atoms with van der Waals surface area (Å²) >= 11 is 0.975. The summed E-state index contributed by atoms with van der Waals surface area (Å²) < 4.78 is 37.5. The molecule has 0 amide bonds. The van der Waals surface area contributed by atoms with Gasteiger partial charge in [-0.15, -0.1) is 11.3 Å². The smallest absolute Gasteiger partial charge is 0.358 e. The van der Waals surface area contributed by atoms with E-state index in [1.807, 2.05) is 44.3 Å². The molecule has 1 unspecified atom stereocenters. The van der Waals surface area contributed by atoms with Crippen molar-refractivity contribution in [3.05, 3.63) is 47.0 Å². The molecule has 0 bridgehead atoms. The fourth-order valence-electron chi connectivity index (χ4n) is 2.15. The van der Waals surface area contributed by atoms with Crippen molar-refractivity contribution in [1.29, 1.82) is 0 Å². The Bertz CT molecular complexity index is 583. The van der Waals surface area contributed by atoms with E-state index in [1.165, 1.54) is 5.56 Å². The van der Waals surface area contributed by atoms with Gasteiger partial charge in [0.1, 0.15) is 0 Å². The van der Waals surface area contributed by atoms with Crippen LogP contribution in [-0.4, -0.2) is 29.5 Å². The average molecular weight is 329 g/mol. The summed E-state index contributed by atoms with van der Waals surface area (Å²) in [7, 11) is 1.98. The largest absolute Gasteiger partial charge is 0.434 e. The van der Waals surface area contributed by atoms with Gasteiger partial charge in [0.15, 0.2) is 10.8 Å². The van der Waals surface area contributed by atoms with Crippen LogP contribution >= 0.6 is 11.3 Å². The maximum Gasteiger partial charge on any atom is 0.434 e. The second-order valence-electron chi connectivity index (χ2n) is 5.26. The average Bonchev–Trinajstić information content (AvgIpc) is 2.87. The van der Waals surface area contributed by atoms with Crippen LogP contribution in [0.25, 0.3) is 0 Å². The number of nitrogens with one attached hydrogen (secondary N) is 1. The first-order chi connectivity index (χ1) is 10.3. The third-order valence-electron chi connectivity index (χ3n) is 3.05. The van der Waals surface area contributed by atoms with Gasteiger partial charge in [0.2, 0.25) is 0 Å². The molecule has 1 heterocycles. The van der Waals surface area contributed by atoms with E-state index in [-0.39, 0.29) is 6.04 Å². The Labute approximate surface area is 131 Å². The molecule has 0 saturated heterocycles. The predicted molar refractivity (Wildman–Crippen MR) is 83.0 cm³/mol.